The number of amides is 1. The molecule has 0 radical (unpaired) electrons. The molecule has 1 saturated heterocycles. The first kappa shape index (κ1) is 15.8. The standard InChI is InChI=1S/C14H20N2O2.ClH/c1-10-4-5-12(17)11(8-10)16-13(18)14(2)6-3-7-15-9-14;/h4-5,8,15,17H,3,6-7,9H2,1-2H3,(H,16,18);1H. The van der Waals surface area contributed by atoms with Crippen molar-refractivity contribution in [2.75, 3.05) is 18.4 Å². The van der Waals surface area contributed by atoms with Crippen molar-refractivity contribution in [1.29, 1.82) is 0 Å². The van der Waals surface area contributed by atoms with Crippen LogP contribution >= 0.6 is 12.4 Å². The van der Waals surface area contributed by atoms with Crippen LogP contribution in [0.3, 0.4) is 0 Å². The van der Waals surface area contributed by atoms with Gasteiger partial charge in [0, 0.05) is 6.54 Å². The molecule has 1 atom stereocenters. The van der Waals surface area contributed by atoms with Gasteiger partial charge in [0.2, 0.25) is 5.91 Å². The summed E-state index contributed by atoms with van der Waals surface area (Å²) >= 11 is 0. The second-order valence-electron chi connectivity index (χ2n) is 5.32. The van der Waals surface area contributed by atoms with E-state index < -0.39 is 5.41 Å². The number of phenolic OH excluding ortho intramolecular Hbond substituents is 1. The largest absolute Gasteiger partial charge is 0.506 e. The van der Waals surface area contributed by atoms with E-state index in [9.17, 15) is 9.90 Å². The van der Waals surface area contributed by atoms with Gasteiger partial charge in [0.05, 0.1) is 11.1 Å². The Morgan fingerprint density at radius 3 is 2.84 bits per heavy atom. The van der Waals surface area contributed by atoms with E-state index in [2.05, 4.69) is 10.6 Å². The molecule has 1 aliphatic heterocycles. The molecule has 106 valence electrons. The summed E-state index contributed by atoms with van der Waals surface area (Å²) < 4.78 is 0. The maximum atomic E-state index is 12.3. The monoisotopic (exact) mass is 284 g/mol. The number of anilines is 1. The molecule has 0 aliphatic carbocycles. The molecule has 0 saturated carbocycles. The normalized spacial score (nSPS) is 22.4. The van der Waals surface area contributed by atoms with Gasteiger partial charge in [0.1, 0.15) is 5.75 Å². The van der Waals surface area contributed by atoms with E-state index in [4.69, 9.17) is 0 Å². The third-order valence-electron chi connectivity index (χ3n) is 3.55. The maximum Gasteiger partial charge on any atom is 0.231 e. The van der Waals surface area contributed by atoms with Crippen molar-refractivity contribution in [3.05, 3.63) is 23.8 Å². The first-order valence-corrected chi connectivity index (χ1v) is 6.33. The van der Waals surface area contributed by atoms with Crippen LogP contribution in [0.4, 0.5) is 5.69 Å². The summed E-state index contributed by atoms with van der Waals surface area (Å²) in [5.74, 6) is 0.0805. The highest BCUT2D eigenvalue weighted by molar-refractivity contribution is 5.96. The summed E-state index contributed by atoms with van der Waals surface area (Å²) in [5, 5.41) is 15.8. The van der Waals surface area contributed by atoms with Crippen molar-refractivity contribution < 1.29 is 9.90 Å². The molecule has 1 amide bonds. The fourth-order valence-corrected chi connectivity index (χ4v) is 2.27. The van der Waals surface area contributed by atoms with E-state index in [0.29, 0.717) is 12.2 Å². The van der Waals surface area contributed by atoms with Crippen LogP contribution in [0.5, 0.6) is 5.75 Å². The van der Waals surface area contributed by atoms with Crippen molar-refractivity contribution in [1.82, 2.24) is 5.32 Å². The highest BCUT2D eigenvalue weighted by Crippen LogP contribution is 2.30. The van der Waals surface area contributed by atoms with Crippen LogP contribution in [0.2, 0.25) is 0 Å². The van der Waals surface area contributed by atoms with E-state index >= 15 is 0 Å². The third-order valence-corrected chi connectivity index (χ3v) is 3.55. The average molecular weight is 285 g/mol. The zero-order chi connectivity index (χ0) is 13.2. The molecule has 1 aromatic carbocycles. The van der Waals surface area contributed by atoms with Gasteiger partial charge in [-0.25, -0.2) is 0 Å². The Bertz CT molecular complexity index is 457. The van der Waals surface area contributed by atoms with Gasteiger partial charge in [-0.05, 0) is 50.9 Å². The van der Waals surface area contributed by atoms with Crippen LogP contribution in [0.15, 0.2) is 18.2 Å². The number of rotatable bonds is 2. The fraction of sp³-hybridized carbons (Fsp3) is 0.500. The van der Waals surface area contributed by atoms with Crippen LogP contribution in [0.1, 0.15) is 25.3 Å². The Hall–Kier alpha value is -1.26. The summed E-state index contributed by atoms with van der Waals surface area (Å²) in [6.07, 6.45) is 1.88. The highest BCUT2D eigenvalue weighted by atomic mass is 35.5. The first-order valence-electron chi connectivity index (χ1n) is 6.33. The van der Waals surface area contributed by atoms with Crippen LogP contribution in [0.25, 0.3) is 0 Å². The number of nitrogens with one attached hydrogen (secondary N) is 2. The summed E-state index contributed by atoms with van der Waals surface area (Å²) in [6, 6.07) is 5.20. The second-order valence-corrected chi connectivity index (χ2v) is 5.32. The Labute approximate surface area is 120 Å². The highest BCUT2D eigenvalue weighted by Gasteiger charge is 2.34. The fourth-order valence-electron chi connectivity index (χ4n) is 2.27. The Morgan fingerprint density at radius 2 is 2.21 bits per heavy atom. The molecule has 4 nitrogen and oxygen atoms in total. The number of aryl methyl sites for hydroxylation is 1. The van der Waals surface area contributed by atoms with Gasteiger partial charge >= 0.3 is 0 Å². The molecule has 19 heavy (non-hydrogen) atoms. The lowest BCUT2D eigenvalue weighted by Gasteiger charge is -2.32. The summed E-state index contributed by atoms with van der Waals surface area (Å²) in [7, 11) is 0. The number of hydrogen-bond donors (Lipinski definition) is 3. The van der Waals surface area contributed by atoms with E-state index in [-0.39, 0.29) is 24.1 Å². The van der Waals surface area contributed by atoms with Crippen molar-refractivity contribution in [3.63, 3.8) is 0 Å². The first-order chi connectivity index (χ1) is 8.51. The second kappa shape index (κ2) is 6.26. The number of carbonyl (C=O) groups is 1. The average Bonchev–Trinajstić information content (AvgIpc) is 2.35. The number of phenols is 1. The SMILES string of the molecule is Cc1ccc(O)c(NC(=O)C2(C)CCCNC2)c1.Cl. The van der Waals surface area contributed by atoms with Crippen LogP contribution in [-0.2, 0) is 4.79 Å². The molecule has 5 heteroatoms. The Kier molecular flexibility index (Phi) is 5.20. The van der Waals surface area contributed by atoms with Gasteiger partial charge in [-0.15, -0.1) is 12.4 Å². The smallest absolute Gasteiger partial charge is 0.231 e. The lowest BCUT2D eigenvalue weighted by Crippen LogP contribution is -2.46. The van der Waals surface area contributed by atoms with Crippen molar-refractivity contribution in [2.45, 2.75) is 26.7 Å². The van der Waals surface area contributed by atoms with Gasteiger partial charge in [-0.2, -0.15) is 0 Å². The molecule has 0 spiro atoms. The predicted octanol–water partition coefficient (Wildman–Crippen LogP) is 2.45. The van der Waals surface area contributed by atoms with E-state index in [1.807, 2.05) is 19.9 Å². The van der Waals surface area contributed by atoms with Crippen LogP contribution in [0, 0.1) is 12.3 Å². The zero-order valence-electron chi connectivity index (χ0n) is 11.3. The topological polar surface area (TPSA) is 61.4 Å². The summed E-state index contributed by atoms with van der Waals surface area (Å²) in [4.78, 5) is 12.3. The van der Waals surface area contributed by atoms with Gasteiger partial charge in [0.25, 0.3) is 0 Å². The number of aromatic hydroxyl groups is 1. The molecule has 3 N–H and O–H groups in total. The van der Waals surface area contributed by atoms with Crippen molar-refractivity contribution >= 4 is 24.0 Å². The van der Waals surface area contributed by atoms with Crippen LogP contribution < -0.4 is 10.6 Å². The molecule has 0 bridgehead atoms. The minimum absolute atomic E-state index is 0. The minimum Gasteiger partial charge on any atom is -0.506 e. The lowest BCUT2D eigenvalue weighted by atomic mass is 9.82. The lowest BCUT2D eigenvalue weighted by molar-refractivity contribution is -0.125. The number of piperidine rings is 1. The molecular formula is C14H21ClN2O2. The molecule has 1 aromatic rings. The number of carbonyl (C=O) groups excluding carboxylic acids is 1. The minimum atomic E-state index is -0.394. The van der Waals surface area contributed by atoms with Gasteiger partial charge in [-0.3, -0.25) is 4.79 Å². The molecule has 2 rings (SSSR count). The van der Waals surface area contributed by atoms with E-state index in [1.165, 1.54) is 0 Å². The molecule has 1 heterocycles. The zero-order valence-corrected chi connectivity index (χ0v) is 12.1. The van der Waals surface area contributed by atoms with Crippen molar-refractivity contribution in [3.8, 4) is 5.75 Å². The molecule has 0 aromatic heterocycles. The number of benzene rings is 1. The van der Waals surface area contributed by atoms with Gasteiger partial charge in [-0.1, -0.05) is 6.07 Å². The van der Waals surface area contributed by atoms with Gasteiger partial charge < -0.3 is 15.7 Å². The Balaban J connectivity index is 0.00000180. The third kappa shape index (κ3) is 3.61. The van der Waals surface area contributed by atoms with Gasteiger partial charge in [0.15, 0.2) is 0 Å². The molecule has 1 aliphatic rings. The number of halogens is 1. The Morgan fingerprint density at radius 1 is 1.47 bits per heavy atom. The molecular weight excluding hydrogens is 264 g/mol. The van der Waals surface area contributed by atoms with Crippen molar-refractivity contribution in [2.24, 2.45) is 5.41 Å². The van der Waals surface area contributed by atoms with E-state index in [0.717, 1.165) is 24.9 Å². The summed E-state index contributed by atoms with van der Waals surface area (Å²) in [5.41, 5.74) is 1.11. The van der Waals surface area contributed by atoms with E-state index in [1.54, 1.807) is 12.1 Å². The summed E-state index contributed by atoms with van der Waals surface area (Å²) in [6.45, 7) is 5.55. The quantitative estimate of drug-likeness (QED) is 0.731. The predicted molar refractivity (Wildman–Crippen MR) is 78.9 cm³/mol. The van der Waals surface area contributed by atoms with Crippen LogP contribution in [-0.4, -0.2) is 24.1 Å². The molecule has 1 unspecified atom stereocenters. The molecule has 1 fully saturated rings. The maximum absolute atomic E-state index is 12.3. The number of hydrogen-bond acceptors (Lipinski definition) is 3.